The van der Waals surface area contributed by atoms with Gasteiger partial charge in [0.05, 0.1) is 0 Å². The number of allylic oxidation sites excluding steroid dienone is 3. The van der Waals surface area contributed by atoms with Gasteiger partial charge in [-0.05, 0) is 43.5 Å². The molecule has 0 bridgehead atoms. The third-order valence-electron chi connectivity index (χ3n) is 3.18. The highest BCUT2D eigenvalue weighted by molar-refractivity contribution is 5.91. The second-order valence-electron chi connectivity index (χ2n) is 4.12. The second kappa shape index (κ2) is 4.01. The van der Waals surface area contributed by atoms with Crippen LogP contribution in [-0.4, -0.2) is 4.98 Å². The molecule has 1 nitrogen and oxygen atoms in total. The van der Waals surface area contributed by atoms with Crippen molar-refractivity contribution in [2.45, 2.75) is 20.8 Å². The van der Waals surface area contributed by atoms with E-state index in [-0.39, 0.29) is 0 Å². The number of rotatable bonds is 2. The molecule has 0 spiro atoms. The average molecular weight is 211 g/mol. The zero-order chi connectivity index (χ0) is 11.7. The summed E-state index contributed by atoms with van der Waals surface area (Å²) in [6, 6.07) is 8.36. The van der Waals surface area contributed by atoms with Crippen molar-refractivity contribution in [3.8, 4) is 0 Å². The van der Waals surface area contributed by atoms with Crippen molar-refractivity contribution in [1.82, 2.24) is 4.98 Å². The maximum Gasteiger partial charge on any atom is 0.0491 e. The second-order valence-corrected chi connectivity index (χ2v) is 4.12. The number of benzene rings is 1. The number of fused-ring (bicyclic) bond motifs is 1. The molecule has 1 aromatic heterocycles. The lowest BCUT2D eigenvalue weighted by molar-refractivity contribution is 1.33. The smallest absolute Gasteiger partial charge is 0.0491 e. The number of hydrogen-bond donors (Lipinski definition) is 1. The summed E-state index contributed by atoms with van der Waals surface area (Å²) in [6.45, 7) is 10.4. The summed E-state index contributed by atoms with van der Waals surface area (Å²) in [7, 11) is 0. The van der Waals surface area contributed by atoms with Crippen molar-refractivity contribution in [3.05, 3.63) is 53.8 Å². The Labute approximate surface area is 96.5 Å². The minimum atomic E-state index is 1.08. The molecule has 1 N–H and O–H groups in total. The van der Waals surface area contributed by atoms with Gasteiger partial charge in [-0.1, -0.05) is 30.9 Å². The number of aromatic amines is 1. The van der Waals surface area contributed by atoms with Gasteiger partial charge in [0.15, 0.2) is 0 Å². The first-order chi connectivity index (χ1) is 7.65. The summed E-state index contributed by atoms with van der Waals surface area (Å²) in [6.07, 6.45) is 2.09. The molecule has 0 radical (unpaired) electrons. The van der Waals surface area contributed by atoms with Crippen LogP contribution in [0.1, 0.15) is 25.1 Å². The van der Waals surface area contributed by atoms with E-state index in [0.717, 1.165) is 11.3 Å². The lowest BCUT2D eigenvalue weighted by Crippen LogP contribution is -1.87. The lowest BCUT2D eigenvalue weighted by atomic mass is 10.0. The van der Waals surface area contributed by atoms with Gasteiger partial charge < -0.3 is 4.98 Å². The van der Waals surface area contributed by atoms with Crippen LogP contribution in [-0.2, 0) is 0 Å². The Balaban J connectivity index is 2.62. The van der Waals surface area contributed by atoms with E-state index in [2.05, 4.69) is 49.7 Å². The first-order valence-corrected chi connectivity index (χ1v) is 5.55. The molecule has 0 fully saturated rings. The van der Waals surface area contributed by atoms with Gasteiger partial charge in [-0.2, -0.15) is 0 Å². The van der Waals surface area contributed by atoms with Crippen LogP contribution in [0.3, 0.4) is 0 Å². The summed E-state index contributed by atoms with van der Waals surface area (Å²) in [5.41, 5.74) is 5.91. The third-order valence-corrected chi connectivity index (χ3v) is 3.18. The van der Waals surface area contributed by atoms with Crippen LogP contribution in [0.25, 0.3) is 16.5 Å². The number of hydrogen-bond acceptors (Lipinski definition) is 0. The molecule has 0 saturated heterocycles. The number of aryl methyl sites for hydroxylation is 1. The summed E-state index contributed by atoms with van der Waals surface area (Å²) >= 11 is 0. The predicted octanol–water partition coefficient (Wildman–Crippen LogP) is 4.46. The fourth-order valence-corrected chi connectivity index (χ4v) is 1.96. The molecule has 0 saturated carbocycles. The molecule has 1 heterocycles. The van der Waals surface area contributed by atoms with Gasteiger partial charge in [-0.25, -0.2) is 0 Å². The van der Waals surface area contributed by atoms with E-state index in [1.54, 1.807) is 0 Å². The normalized spacial score (nSPS) is 12.1. The first-order valence-electron chi connectivity index (χ1n) is 5.55. The highest BCUT2D eigenvalue weighted by Gasteiger charge is 2.10. The van der Waals surface area contributed by atoms with Gasteiger partial charge in [0.25, 0.3) is 0 Å². The van der Waals surface area contributed by atoms with Crippen molar-refractivity contribution < 1.29 is 0 Å². The van der Waals surface area contributed by atoms with E-state index < -0.39 is 0 Å². The molecule has 1 heteroatoms. The molecule has 0 atom stereocenters. The Hall–Kier alpha value is -1.76. The van der Waals surface area contributed by atoms with Gasteiger partial charge in [-0.15, -0.1) is 0 Å². The Bertz CT molecular complexity index is 570. The van der Waals surface area contributed by atoms with Crippen LogP contribution in [0.4, 0.5) is 0 Å². The SMILES string of the molecule is C=C(/C(C)=C/C)c1[nH]c2ccccc2c1C. The Morgan fingerprint density at radius 1 is 1.31 bits per heavy atom. The maximum absolute atomic E-state index is 4.15. The molecule has 0 aliphatic heterocycles. The monoisotopic (exact) mass is 211 g/mol. The Morgan fingerprint density at radius 3 is 2.62 bits per heavy atom. The molecule has 2 rings (SSSR count). The van der Waals surface area contributed by atoms with Crippen molar-refractivity contribution >= 4 is 16.5 Å². The molecule has 16 heavy (non-hydrogen) atoms. The fourth-order valence-electron chi connectivity index (χ4n) is 1.96. The number of para-hydroxylation sites is 1. The minimum absolute atomic E-state index is 1.08. The number of H-pyrrole nitrogens is 1. The van der Waals surface area contributed by atoms with Crippen LogP contribution in [0.15, 0.2) is 42.5 Å². The van der Waals surface area contributed by atoms with Crippen LogP contribution in [0.2, 0.25) is 0 Å². The van der Waals surface area contributed by atoms with Crippen LogP contribution in [0, 0.1) is 6.92 Å². The maximum atomic E-state index is 4.15. The fraction of sp³-hybridized carbons (Fsp3) is 0.200. The van der Waals surface area contributed by atoms with E-state index in [9.17, 15) is 0 Å². The van der Waals surface area contributed by atoms with E-state index in [1.165, 1.54) is 22.0 Å². The highest BCUT2D eigenvalue weighted by atomic mass is 14.7. The number of aromatic nitrogens is 1. The quantitative estimate of drug-likeness (QED) is 0.706. The number of nitrogens with one attached hydrogen (secondary N) is 1. The largest absolute Gasteiger partial charge is 0.354 e. The van der Waals surface area contributed by atoms with Crippen molar-refractivity contribution in [3.63, 3.8) is 0 Å². The Morgan fingerprint density at radius 2 is 2.00 bits per heavy atom. The topological polar surface area (TPSA) is 15.8 Å². The molecule has 0 aliphatic carbocycles. The van der Waals surface area contributed by atoms with Gasteiger partial charge in [0.1, 0.15) is 0 Å². The average Bonchev–Trinajstić information content (AvgIpc) is 2.65. The predicted molar refractivity (Wildman–Crippen MR) is 71.5 cm³/mol. The molecule has 0 amide bonds. The molecule has 1 aromatic carbocycles. The zero-order valence-corrected chi connectivity index (χ0v) is 10.1. The van der Waals surface area contributed by atoms with Gasteiger partial charge in [-0.3, -0.25) is 0 Å². The van der Waals surface area contributed by atoms with E-state index in [1.807, 2.05) is 13.0 Å². The van der Waals surface area contributed by atoms with Crippen LogP contribution in [0.5, 0.6) is 0 Å². The van der Waals surface area contributed by atoms with Gasteiger partial charge >= 0.3 is 0 Å². The first kappa shape index (κ1) is 10.7. The molecular formula is C15H17N. The summed E-state index contributed by atoms with van der Waals surface area (Å²) in [5.74, 6) is 0. The van der Waals surface area contributed by atoms with Gasteiger partial charge in [0, 0.05) is 16.6 Å². The van der Waals surface area contributed by atoms with Crippen molar-refractivity contribution in [2.24, 2.45) is 0 Å². The molecular weight excluding hydrogens is 194 g/mol. The molecule has 82 valence electrons. The van der Waals surface area contributed by atoms with E-state index >= 15 is 0 Å². The summed E-state index contributed by atoms with van der Waals surface area (Å²) < 4.78 is 0. The molecule has 2 aromatic rings. The van der Waals surface area contributed by atoms with Crippen molar-refractivity contribution in [1.29, 1.82) is 0 Å². The Kier molecular flexibility index (Phi) is 2.69. The van der Waals surface area contributed by atoms with E-state index in [0.29, 0.717) is 0 Å². The minimum Gasteiger partial charge on any atom is -0.354 e. The molecule has 0 unspecified atom stereocenters. The standard InChI is InChI=1S/C15H17N/c1-5-10(2)11(3)15-12(4)13-8-6-7-9-14(13)16-15/h5-9,16H,3H2,1-2,4H3/b10-5+. The lowest BCUT2D eigenvalue weighted by Gasteiger charge is -2.04. The summed E-state index contributed by atoms with van der Waals surface area (Å²) in [5, 5.41) is 1.28. The van der Waals surface area contributed by atoms with Gasteiger partial charge in [0.2, 0.25) is 0 Å². The van der Waals surface area contributed by atoms with Crippen LogP contribution < -0.4 is 0 Å². The summed E-state index contributed by atoms with van der Waals surface area (Å²) in [4.78, 5) is 3.44. The third kappa shape index (κ3) is 1.58. The van der Waals surface area contributed by atoms with E-state index in [4.69, 9.17) is 0 Å². The van der Waals surface area contributed by atoms with Crippen molar-refractivity contribution in [2.75, 3.05) is 0 Å². The zero-order valence-electron chi connectivity index (χ0n) is 10.1. The highest BCUT2D eigenvalue weighted by Crippen LogP contribution is 2.28. The molecule has 0 aliphatic rings. The van der Waals surface area contributed by atoms with Crippen LogP contribution >= 0.6 is 0 Å².